The molecule has 0 saturated heterocycles. The topological polar surface area (TPSA) is 49.4 Å². The van der Waals surface area contributed by atoms with Gasteiger partial charge in [-0.15, -0.1) is 0 Å². The van der Waals surface area contributed by atoms with E-state index in [1.807, 2.05) is 54.6 Å². The molecular formula is C21H22N2O2. The van der Waals surface area contributed by atoms with Crippen LogP contribution in [0, 0.1) is 0 Å². The zero-order chi connectivity index (χ0) is 18.2. The summed E-state index contributed by atoms with van der Waals surface area (Å²) < 4.78 is 0. The Morgan fingerprint density at radius 1 is 0.840 bits per heavy atom. The van der Waals surface area contributed by atoms with E-state index in [0.717, 1.165) is 16.2 Å². The molecule has 1 N–H and O–H groups in total. The normalized spacial score (nSPS) is 15.1. The molecule has 0 aromatic heterocycles. The fraction of sp³-hybridized carbons (Fsp3) is 0.238. The molecule has 0 bridgehead atoms. The molecule has 0 unspecified atom stereocenters. The van der Waals surface area contributed by atoms with Gasteiger partial charge in [0.15, 0.2) is 0 Å². The highest BCUT2D eigenvalue weighted by atomic mass is 16.2. The highest BCUT2D eigenvalue weighted by molar-refractivity contribution is 6.36. The minimum Gasteiger partial charge on any atom is -0.350 e. The molecule has 1 heterocycles. The number of nitrogens with zero attached hydrogens (tertiary/aromatic N) is 1. The molecule has 2 aromatic carbocycles. The highest BCUT2D eigenvalue weighted by Gasteiger charge is 2.36. The first kappa shape index (κ1) is 17.0. The van der Waals surface area contributed by atoms with E-state index in [1.165, 1.54) is 12.6 Å². The number of rotatable bonds is 3. The average Bonchev–Trinajstić information content (AvgIpc) is 2.79. The monoisotopic (exact) mass is 334 g/mol. The van der Waals surface area contributed by atoms with Crippen molar-refractivity contribution < 1.29 is 9.59 Å². The number of hydrogen-bond acceptors (Lipinski definition) is 3. The summed E-state index contributed by atoms with van der Waals surface area (Å²) in [6.45, 7) is 6.46. The minimum atomic E-state index is -0.316. The number of anilines is 1. The highest BCUT2D eigenvalue weighted by Crippen LogP contribution is 2.30. The third-order valence-electron chi connectivity index (χ3n) is 4.37. The first-order valence-electron chi connectivity index (χ1n) is 8.28. The van der Waals surface area contributed by atoms with Crippen molar-refractivity contribution in [2.75, 3.05) is 12.4 Å². The second-order valence-electron chi connectivity index (χ2n) is 7.24. The van der Waals surface area contributed by atoms with Gasteiger partial charge in [0.2, 0.25) is 0 Å². The molecule has 1 aliphatic heterocycles. The van der Waals surface area contributed by atoms with Gasteiger partial charge >= 0.3 is 0 Å². The van der Waals surface area contributed by atoms with E-state index in [-0.39, 0.29) is 17.2 Å². The maximum Gasteiger partial charge on any atom is 0.277 e. The van der Waals surface area contributed by atoms with E-state index in [9.17, 15) is 9.59 Å². The molecule has 4 heteroatoms. The van der Waals surface area contributed by atoms with Crippen LogP contribution in [0.5, 0.6) is 0 Å². The van der Waals surface area contributed by atoms with Crippen molar-refractivity contribution in [3.8, 4) is 0 Å². The predicted molar refractivity (Wildman–Crippen MR) is 99.9 cm³/mol. The third kappa shape index (κ3) is 3.20. The van der Waals surface area contributed by atoms with Crippen molar-refractivity contribution >= 4 is 23.1 Å². The van der Waals surface area contributed by atoms with Crippen LogP contribution in [0.25, 0.3) is 5.57 Å². The lowest BCUT2D eigenvalue weighted by Crippen LogP contribution is -2.27. The van der Waals surface area contributed by atoms with Gasteiger partial charge < -0.3 is 5.32 Å². The zero-order valence-electron chi connectivity index (χ0n) is 15.0. The first-order valence-corrected chi connectivity index (χ1v) is 8.28. The van der Waals surface area contributed by atoms with Crippen molar-refractivity contribution in [2.45, 2.75) is 26.2 Å². The Labute approximate surface area is 148 Å². The summed E-state index contributed by atoms with van der Waals surface area (Å²) in [4.78, 5) is 26.2. The van der Waals surface area contributed by atoms with Crippen molar-refractivity contribution in [1.82, 2.24) is 4.90 Å². The number of nitrogens with one attached hydrogen (secondary N) is 1. The molecule has 0 saturated carbocycles. The molecule has 2 aromatic rings. The predicted octanol–water partition coefficient (Wildman–Crippen LogP) is 3.81. The van der Waals surface area contributed by atoms with Gasteiger partial charge in [-0.1, -0.05) is 63.2 Å². The van der Waals surface area contributed by atoms with Crippen LogP contribution in [0.4, 0.5) is 5.69 Å². The summed E-state index contributed by atoms with van der Waals surface area (Å²) in [6, 6.07) is 17.2. The Morgan fingerprint density at radius 3 is 2.00 bits per heavy atom. The van der Waals surface area contributed by atoms with E-state index in [1.54, 1.807) is 0 Å². The number of benzene rings is 2. The van der Waals surface area contributed by atoms with Gasteiger partial charge in [-0.3, -0.25) is 14.5 Å². The standard InChI is InChI=1S/C21H22N2O2/c1-21(2,3)15-10-12-16(13-11-15)22-18-17(14-8-6-5-7-9-14)19(24)23(4)20(18)25/h5-13,22H,1-4H3. The molecule has 2 amide bonds. The molecule has 0 radical (unpaired) electrons. The van der Waals surface area contributed by atoms with Crippen molar-refractivity contribution in [2.24, 2.45) is 0 Å². The number of carbonyl (C=O) groups excluding carboxylic acids is 2. The van der Waals surface area contributed by atoms with E-state index in [2.05, 4.69) is 26.1 Å². The fourth-order valence-corrected chi connectivity index (χ4v) is 2.83. The number of imide groups is 1. The van der Waals surface area contributed by atoms with Crippen molar-refractivity contribution in [3.63, 3.8) is 0 Å². The van der Waals surface area contributed by atoms with Crippen LogP contribution < -0.4 is 5.32 Å². The van der Waals surface area contributed by atoms with Gasteiger partial charge in [0.1, 0.15) is 5.70 Å². The molecule has 25 heavy (non-hydrogen) atoms. The summed E-state index contributed by atoms with van der Waals surface area (Å²) in [5, 5.41) is 3.15. The maximum atomic E-state index is 12.5. The van der Waals surface area contributed by atoms with Crippen LogP contribution in [0.15, 0.2) is 60.3 Å². The molecular weight excluding hydrogens is 312 g/mol. The van der Waals surface area contributed by atoms with Crippen LogP contribution in [0.1, 0.15) is 31.9 Å². The van der Waals surface area contributed by atoms with E-state index >= 15 is 0 Å². The molecule has 128 valence electrons. The van der Waals surface area contributed by atoms with Gasteiger partial charge in [0.25, 0.3) is 11.8 Å². The molecule has 4 nitrogen and oxygen atoms in total. The number of amides is 2. The molecule has 3 rings (SSSR count). The van der Waals surface area contributed by atoms with E-state index in [0.29, 0.717) is 11.3 Å². The SMILES string of the molecule is CN1C(=O)C(Nc2ccc(C(C)(C)C)cc2)=C(c2ccccc2)C1=O. The third-order valence-corrected chi connectivity index (χ3v) is 4.37. The molecule has 1 aliphatic rings. The lowest BCUT2D eigenvalue weighted by Gasteiger charge is -2.19. The Balaban J connectivity index is 1.99. The Morgan fingerprint density at radius 2 is 1.44 bits per heavy atom. The zero-order valence-corrected chi connectivity index (χ0v) is 15.0. The second kappa shape index (κ2) is 6.20. The van der Waals surface area contributed by atoms with Crippen molar-refractivity contribution in [1.29, 1.82) is 0 Å². The maximum absolute atomic E-state index is 12.5. The Hall–Kier alpha value is -2.88. The van der Waals surface area contributed by atoms with Gasteiger partial charge in [-0.25, -0.2) is 0 Å². The van der Waals surface area contributed by atoms with Crippen LogP contribution >= 0.6 is 0 Å². The fourth-order valence-electron chi connectivity index (χ4n) is 2.83. The number of hydrogen-bond donors (Lipinski definition) is 1. The second-order valence-corrected chi connectivity index (χ2v) is 7.24. The quantitative estimate of drug-likeness (QED) is 0.869. The minimum absolute atomic E-state index is 0.0619. The summed E-state index contributed by atoms with van der Waals surface area (Å²) in [6.07, 6.45) is 0. The van der Waals surface area contributed by atoms with Crippen molar-refractivity contribution in [3.05, 3.63) is 71.4 Å². The summed E-state index contributed by atoms with van der Waals surface area (Å²) in [5.74, 6) is -0.603. The summed E-state index contributed by atoms with van der Waals surface area (Å²) in [7, 11) is 1.50. The van der Waals surface area contributed by atoms with Gasteiger partial charge in [-0.05, 0) is 28.7 Å². The van der Waals surface area contributed by atoms with Crippen LogP contribution in [-0.4, -0.2) is 23.8 Å². The van der Waals surface area contributed by atoms with E-state index in [4.69, 9.17) is 0 Å². The Bertz CT molecular complexity index is 844. The average molecular weight is 334 g/mol. The van der Waals surface area contributed by atoms with Gasteiger partial charge in [0.05, 0.1) is 5.57 Å². The number of likely N-dealkylation sites (N-methyl/N-ethyl adjacent to an activating group) is 1. The lowest BCUT2D eigenvalue weighted by molar-refractivity contribution is -0.135. The molecule has 0 atom stereocenters. The van der Waals surface area contributed by atoms with Gasteiger partial charge in [-0.2, -0.15) is 0 Å². The Kier molecular flexibility index (Phi) is 4.21. The molecule has 0 aliphatic carbocycles. The first-order chi connectivity index (χ1) is 11.8. The lowest BCUT2D eigenvalue weighted by atomic mass is 9.87. The van der Waals surface area contributed by atoms with E-state index < -0.39 is 0 Å². The number of carbonyl (C=O) groups is 2. The van der Waals surface area contributed by atoms with Crippen LogP contribution in [0.3, 0.4) is 0 Å². The largest absolute Gasteiger partial charge is 0.350 e. The molecule has 0 spiro atoms. The summed E-state index contributed by atoms with van der Waals surface area (Å²) >= 11 is 0. The van der Waals surface area contributed by atoms with Crippen LogP contribution in [0.2, 0.25) is 0 Å². The molecule has 0 fully saturated rings. The smallest absolute Gasteiger partial charge is 0.277 e. The summed E-state index contributed by atoms with van der Waals surface area (Å²) in [5.41, 5.74) is 3.52. The van der Waals surface area contributed by atoms with Crippen LogP contribution in [-0.2, 0) is 15.0 Å². The van der Waals surface area contributed by atoms with Gasteiger partial charge in [0, 0.05) is 12.7 Å².